The fraction of sp³-hybridized carbons (Fsp3) is 0.778. The second kappa shape index (κ2) is 2.71. The lowest BCUT2D eigenvalue weighted by molar-refractivity contribution is 0.283. The zero-order chi connectivity index (χ0) is 7.68. The molecule has 0 aromatic heterocycles. The van der Waals surface area contributed by atoms with E-state index in [1.165, 1.54) is 25.7 Å². The van der Waals surface area contributed by atoms with Gasteiger partial charge in [-0.1, -0.05) is 0 Å². The number of nitrogens with zero attached hydrogens (tertiary/aromatic N) is 1. The number of hydrogen-bond acceptors (Lipinski definition) is 2. The lowest BCUT2D eigenvalue weighted by Gasteiger charge is -2.28. The van der Waals surface area contributed by atoms with Gasteiger partial charge in [0.05, 0.1) is 5.70 Å². The van der Waals surface area contributed by atoms with Gasteiger partial charge < -0.3 is 4.90 Å². The van der Waals surface area contributed by atoms with Crippen LogP contribution >= 0.6 is 0 Å². The van der Waals surface area contributed by atoms with Gasteiger partial charge in [-0.05, 0) is 32.1 Å². The first-order valence-electron chi connectivity index (χ1n) is 4.42. The molecule has 0 aromatic rings. The first-order chi connectivity index (χ1) is 5.42. The first kappa shape index (κ1) is 6.93. The summed E-state index contributed by atoms with van der Waals surface area (Å²) in [6.45, 7) is 1.09. The molecule has 1 heterocycles. The van der Waals surface area contributed by atoms with Crippen LogP contribution < -0.4 is 0 Å². The Bertz CT molecular complexity index is 202. The molecule has 0 bridgehead atoms. The Balaban J connectivity index is 2.08. The van der Waals surface area contributed by atoms with E-state index in [0.717, 1.165) is 18.7 Å². The predicted octanol–water partition coefficient (Wildman–Crippen LogP) is 1.35. The zero-order valence-electron chi connectivity index (χ0n) is 6.68. The van der Waals surface area contributed by atoms with Gasteiger partial charge in [0, 0.05) is 12.6 Å². The van der Waals surface area contributed by atoms with E-state index in [1.807, 2.05) is 0 Å². The molecule has 0 spiro atoms. The molecule has 1 saturated carbocycles. The van der Waals surface area contributed by atoms with Crippen molar-refractivity contribution in [2.24, 2.45) is 0 Å². The molecular weight excluding hydrogens is 138 g/mol. The van der Waals surface area contributed by atoms with Crippen molar-refractivity contribution < 1.29 is 4.79 Å². The van der Waals surface area contributed by atoms with Crippen LogP contribution in [-0.2, 0) is 4.79 Å². The van der Waals surface area contributed by atoms with Crippen LogP contribution in [0.2, 0.25) is 0 Å². The summed E-state index contributed by atoms with van der Waals surface area (Å²) in [4.78, 5) is 12.8. The lowest BCUT2D eigenvalue weighted by atomic mass is 10.1. The van der Waals surface area contributed by atoms with Crippen LogP contribution in [-0.4, -0.2) is 23.4 Å². The second-order valence-electron chi connectivity index (χ2n) is 3.43. The summed E-state index contributed by atoms with van der Waals surface area (Å²) >= 11 is 0. The third-order valence-corrected chi connectivity index (χ3v) is 2.51. The number of piperidine rings is 1. The summed E-state index contributed by atoms with van der Waals surface area (Å²) in [5.74, 6) is 2.07. The molecule has 2 nitrogen and oxygen atoms in total. The van der Waals surface area contributed by atoms with E-state index in [0.29, 0.717) is 6.04 Å². The van der Waals surface area contributed by atoms with E-state index in [2.05, 4.69) is 10.8 Å². The molecule has 0 aromatic carbocycles. The Morgan fingerprint density at radius 1 is 1.36 bits per heavy atom. The van der Waals surface area contributed by atoms with Crippen LogP contribution in [0.3, 0.4) is 0 Å². The van der Waals surface area contributed by atoms with E-state index < -0.39 is 0 Å². The van der Waals surface area contributed by atoms with E-state index in [-0.39, 0.29) is 0 Å². The largest absolute Gasteiger partial charge is 0.363 e. The topological polar surface area (TPSA) is 20.3 Å². The molecule has 0 radical (unpaired) electrons. The highest BCUT2D eigenvalue weighted by atomic mass is 16.1. The summed E-state index contributed by atoms with van der Waals surface area (Å²) in [5, 5.41) is 0. The van der Waals surface area contributed by atoms with Gasteiger partial charge >= 0.3 is 0 Å². The van der Waals surface area contributed by atoms with Crippen LogP contribution in [0.15, 0.2) is 5.70 Å². The molecule has 2 aliphatic rings. The molecular formula is C9H13NO. The number of likely N-dealkylation sites (tertiary alicyclic amines) is 1. The van der Waals surface area contributed by atoms with E-state index >= 15 is 0 Å². The summed E-state index contributed by atoms with van der Waals surface area (Å²) < 4.78 is 0. The minimum absolute atomic E-state index is 0.701. The summed E-state index contributed by atoms with van der Waals surface area (Å²) in [6.07, 6.45) is 5.95. The molecule has 1 aliphatic heterocycles. The number of carbonyl (C=O) groups excluding carboxylic acids is 1. The highest BCUT2D eigenvalue weighted by molar-refractivity contribution is 5.52. The van der Waals surface area contributed by atoms with Gasteiger partial charge in [-0.2, -0.15) is 0 Å². The van der Waals surface area contributed by atoms with Crippen molar-refractivity contribution in [3.63, 3.8) is 0 Å². The van der Waals surface area contributed by atoms with Crippen molar-refractivity contribution in [1.82, 2.24) is 4.90 Å². The molecule has 2 heteroatoms. The average Bonchev–Trinajstić information content (AvgIpc) is 2.87. The quantitative estimate of drug-likeness (QED) is 0.527. The minimum atomic E-state index is 0.701. The minimum Gasteiger partial charge on any atom is -0.363 e. The smallest absolute Gasteiger partial charge is 0.145 e. The van der Waals surface area contributed by atoms with Crippen molar-refractivity contribution in [3.8, 4) is 0 Å². The number of allylic oxidation sites excluding steroid dienone is 1. The molecule has 11 heavy (non-hydrogen) atoms. The van der Waals surface area contributed by atoms with Gasteiger partial charge in [-0.15, -0.1) is 0 Å². The molecule has 60 valence electrons. The molecule has 0 N–H and O–H groups in total. The normalized spacial score (nSPS) is 25.1. The van der Waals surface area contributed by atoms with Crippen LogP contribution in [0.5, 0.6) is 0 Å². The van der Waals surface area contributed by atoms with E-state index in [4.69, 9.17) is 0 Å². The third kappa shape index (κ3) is 1.31. The Morgan fingerprint density at radius 2 is 2.18 bits per heavy atom. The lowest BCUT2D eigenvalue weighted by Crippen LogP contribution is -2.30. The highest BCUT2D eigenvalue weighted by Crippen LogP contribution is 2.33. The van der Waals surface area contributed by atoms with E-state index in [9.17, 15) is 4.79 Å². The average molecular weight is 151 g/mol. The Hall–Kier alpha value is -0.750. The van der Waals surface area contributed by atoms with Crippen LogP contribution in [0.25, 0.3) is 0 Å². The van der Waals surface area contributed by atoms with Crippen molar-refractivity contribution >= 4 is 5.94 Å². The second-order valence-corrected chi connectivity index (χ2v) is 3.43. The monoisotopic (exact) mass is 151 g/mol. The molecule has 2 fully saturated rings. The van der Waals surface area contributed by atoms with Gasteiger partial charge in [-0.3, -0.25) is 0 Å². The molecule has 0 atom stereocenters. The predicted molar refractivity (Wildman–Crippen MR) is 42.8 cm³/mol. The summed E-state index contributed by atoms with van der Waals surface area (Å²) in [7, 11) is 0. The standard InChI is InChI=1S/C9H13NO/c11-7-9-3-1-2-6-10(9)8-4-5-8/h8H,1-6H2. The molecule has 1 saturated heterocycles. The fourth-order valence-corrected chi connectivity index (χ4v) is 1.75. The van der Waals surface area contributed by atoms with E-state index in [1.54, 1.807) is 0 Å². The van der Waals surface area contributed by atoms with Crippen molar-refractivity contribution in [2.75, 3.05) is 6.54 Å². The van der Waals surface area contributed by atoms with Crippen molar-refractivity contribution in [3.05, 3.63) is 5.70 Å². The molecule has 2 rings (SSSR count). The fourth-order valence-electron chi connectivity index (χ4n) is 1.75. The van der Waals surface area contributed by atoms with Gasteiger partial charge in [0.2, 0.25) is 0 Å². The van der Waals surface area contributed by atoms with Crippen LogP contribution in [0.4, 0.5) is 0 Å². The highest BCUT2D eigenvalue weighted by Gasteiger charge is 2.31. The van der Waals surface area contributed by atoms with Gasteiger partial charge in [0.15, 0.2) is 0 Å². The Morgan fingerprint density at radius 3 is 2.82 bits per heavy atom. The maximum absolute atomic E-state index is 10.5. The molecule has 1 aliphatic carbocycles. The first-order valence-corrected chi connectivity index (χ1v) is 4.42. The summed E-state index contributed by atoms with van der Waals surface area (Å²) in [5.41, 5.74) is 0.929. The zero-order valence-corrected chi connectivity index (χ0v) is 6.68. The SMILES string of the molecule is O=C=C1CCCCN1C1CC1. The van der Waals surface area contributed by atoms with Gasteiger partial charge in [0.25, 0.3) is 0 Å². The summed E-state index contributed by atoms with van der Waals surface area (Å²) in [6, 6.07) is 0.701. The van der Waals surface area contributed by atoms with Crippen LogP contribution in [0, 0.1) is 0 Å². The van der Waals surface area contributed by atoms with Gasteiger partial charge in [0.1, 0.15) is 5.94 Å². The molecule has 0 unspecified atom stereocenters. The third-order valence-electron chi connectivity index (χ3n) is 2.51. The Kier molecular flexibility index (Phi) is 1.71. The van der Waals surface area contributed by atoms with Crippen molar-refractivity contribution in [2.45, 2.75) is 38.1 Å². The Labute approximate surface area is 66.9 Å². The maximum atomic E-state index is 10.5. The maximum Gasteiger partial charge on any atom is 0.145 e. The molecule has 0 amide bonds. The van der Waals surface area contributed by atoms with Crippen LogP contribution in [0.1, 0.15) is 32.1 Å². The number of hydrogen-bond donors (Lipinski definition) is 0. The van der Waals surface area contributed by atoms with Crippen molar-refractivity contribution in [1.29, 1.82) is 0 Å². The van der Waals surface area contributed by atoms with Gasteiger partial charge in [-0.25, -0.2) is 4.79 Å². The number of rotatable bonds is 1.